The van der Waals surface area contributed by atoms with Crippen molar-refractivity contribution in [3.05, 3.63) is 173 Å². The molecule has 9 rings (SSSR count). The molecule has 9 N–H and O–H groups in total. The molecular formula is C52H50N12O13. The number of pyridine rings is 8. The van der Waals surface area contributed by atoms with Crippen LogP contribution in [0.25, 0.3) is 45.6 Å². The molecule has 0 radical (unpaired) electrons. The molecule has 25 nitrogen and oxygen atoms in total. The standard InChI is InChI=1S/C17H19N3O6.C12H11N3O3.C12H11N3O2.C11H9N3O2/c1-9-14(21)15(22)16(23)17(25-9)26-11-6-10(8-19-24)20-13(7-11)12-4-2-3-5-18-12;1-18-10-6-8(7-14-17)15-11(12(10)16)9-4-2-3-5-13-9;1-17-10-6-9(8-14-16)15-12(7-10)11-4-2-3-5-13-11;15-9-5-8(7-13-16)14-11(6-9)10-3-1-2-4-12-10/h2-9,14-17,21-24H,1H3;2-7,16-17H,1H3;2-8,16H,1H3;1-7,16H,(H,14,15)/b19-8+;14-7+;14-8+;13-7+/t9-,14-,15+,16+,17-;;;/m0.../s1. The third-order valence-corrected chi connectivity index (χ3v) is 10.5. The third kappa shape index (κ3) is 16.0. The summed E-state index contributed by atoms with van der Waals surface area (Å²) in [5, 5.41) is 85.7. The molecule has 0 unspecified atom stereocenters. The summed E-state index contributed by atoms with van der Waals surface area (Å²) in [6, 6.07) is 32.3. The van der Waals surface area contributed by atoms with Crippen LogP contribution in [0, 0.1) is 0 Å². The molecule has 25 heteroatoms. The maximum atomic E-state index is 11.4. The number of aromatic amines is 1. The number of oxime groups is 4. The molecule has 1 aliphatic rings. The first-order valence-electron chi connectivity index (χ1n) is 22.7. The molecule has 1 fully saturated rings. The average molecular weight is 1050 g/mol. The van der Waals surface area contributed by atoms with Gasteiger partial charge >= 0.3 is 0 Å². The van der Waals surface area contributed by atoms with Gasteiger partial charge in [0.1, 0.15) is 35.5 Å². The molecule has 5 atom stereocenters. The van der Waals surface area contributed by atoms with Crippen molar-refractivity contribution in [3.8, 4) is 68.5 Å². The van der Waals surface area contributed by atoms with E-state index in [9.17, 15) is 25.2 Å². The van der Waals surface area contributed by atoms with Crippen molar-refractivity contribution in [1.82, 2.24) is 39.9 Å². The quantitative estimate of drug-likeness (QED) is 0.0440. The summed E-state index contributed by atoms with van der Waals surface area (Å²) in [7, 11) is 2.99. The summed E-state index contributed by atoms with van der Waals surface area (Å²) in [5.41, 5.74) is 5.85. The van der Waals surface area contributed by atoms with Crippen molar-refractivity contribution < 1.29 is 60.2 Å². The number of nitrogens with zero attached hydrogens (tertiary/aromatic N) is 11. The minimum atomic E-state index is -1.44. The number of aromatic hydroxyl groups is 1. The second-order valence-electron chi connectivity index (χ2n) is 15.7. The highest BCUT2D eigenvalue weighted by molar-refractivity contribution is 5.81. The molecule has 9 heterocycles. The molecule has 1 aliphatic heterocycles. The summed E-state index contributed by atoms with van der Waals surface area (Å²) in [4.78, 5) is 43.7. The van der Waals surface area contributed by atoms with Crippen molar-refractivity contribution in [2.75, 3.05) is 14.2 Å². The van der Waals surface area contributed by atoms with Gasteiger partial charge in [-0.3, -0.25) is 24.7 Å². The van der Waals surface area contributed by atoms with Crippen LogP contribution < -0.4 is 19.6 Å². The third-order valence-electron chi connectivity index (χ3n) is 10.5. The highest BCUT2D eigenvalue weighted by atomic mass is 16.7. The number of aliphatic hydroxyl groups excluding tert-OH is 3. The second-order valence-corrected chi connectivity index (χ2v) is 15.7. The fourth-order valence-corrected chi connectivity index (χ4v) is 6.88. The zero-order valence-corrected chi connectivity index (χ0v) is 41.0. The van der Waals surface area contributed by atoms with Crippen LogP contribution in [0.3, 0.4) is 0 Å². The Bertz CT molecular complexity index is 3310. The lowest BCUT2D eigenvalue weighted by atomic mass is 10.00. The lowest BCUT2D eigenvalue weighted by molar-refractivity contribution is -0.268. The number of H-pyrrole nitrogens is 1. The van der Waals surface area contributed by atoms with E-state index in [1.807, 2.05) is 24.3 Å². The average Bonchev–Trinajstić information content (AvgIpc) is 3.46. The second kappa shape index (κ2) is 28.4. The normalized spacial score (nSPS) is 16.9. The number of hydrogen-bond donors (Lipinski definition) is 9. The molecule has 8 aromatic rings. The molecule has 77 heavy (non-hydrogen) atoms. The Morgan fingerprint density at radius 2 is 1.04 bits per heavy atom. The number of aromatic nitrogens is 8. The first-order valence-corrected chi connectivity index (χ1v) is 22.7. The largest absolute Gasteiger partial charge is 0.503 e. The zero-order valence-electron chi connectivity index (χ0n) is 41.0. The van der Waals surface area contributed by atoms with Gasteiger partial charge in [0, 0.05) is 67.3 Å². The number of methoxy groups -OCH3 is 2. The van der Waals surface area contributed by atoms with Crippen LogP contribution in [-0.4, -0.2) is 151 Å². The fraction of sp³-hybridized carbons (Fsp3) is 0.154. The Kier molecular flexibility index (Phi) is 20.7. The van der Waals surface area contributed by atoms with Crippen LogP contribution in [0.4, 0.5) is 0 Å². The molecule has 1 saturated heterocycles. The summed E-state index contributed by atoms with van der Waals surface area (Å²) in [6.07, 6.45) is 5.22. The van der Waals surface area contributed by atoms with E-state index in [1.54, 1.807) is 106 Å². The highest BCUT2D eigenvalue weighted by Gasteiger charge is 2.43. The van der Waals surface area contributed by atoms with E-state index in [0.29, 0.717) is 62.7 Å². The highest BCUT2D eigenvalue weighted by Crippen LogP contribution is 2.35. The van der Waals surface area contributed by atoms with E-state index in [2.05, 4.69) is 60.5 Å². The molecule has 396 valence electrons. The van der Waals surface area contributed by atoms with E-state index in [0.717, 1.165) is 24.3 Å². The molecule has 0 spiro atoms. The molecule has 0 saturated carbocycles. The molecule has 0 bridgehead atoms. The van der Waals surface area contributed by atoms with E-state index < -0.39 is 30.7 Å². The number of rotatable bonds is 12. The number of hydrogen-bond acceptors (Lipinski definition) is 24. The predicted octanol–water partition coefficient (Wildman–Crippen LogP) is 5.03. The molecule has 0 aromatic carbocycles. The van der Waals surface area contributed by atoms with Crippen molar-refractivity contribution in [2.45, 2.75) is 37.6 Å². The van der Waals surface area contributed by atoms with Crippen LogP contribution in [0.15, 0.2) is 165 Å². The van der Waals surface area contributed by atoms with Crippen molar-refractivity contribution in [3.63, 3.8) is 0 Å². The Morgan fingerprint density at radius 3 is 1.53 bits per heavy atom. The topological polar surface area (TPSA) is 371 Å². The monoisotopic (exact) mass is 1050 g/mol. The minimum Gasteiger partial charge on any atom is -0.503 e. The van der Waals surface area contributed by atoms with E-state index in [1.165, 1.54) is 37.6 Å². The van der Waals surface area contributed by atoms with Crippen molar-refractivity contribution in [2.24, 2.45) is 20.6 Å². The van der Waals surface area contributed by atoms with Gasteiger partial charge in [-0.05, 0) is 55.5 Å². The van der Waals surface area contributed by atoms with Gasteiger partial charge in [-0.25, -0.2) is 15.0 Å². The smallest absolute Gasteiger partial charge is 0.229 e. The van der Waals surface area contributed by atoms with Crippen molar-refractivity contribution in [1.29, 1.82) is 0 Å². The fourth-order valence-electron chi connectivity index (χ4n) is 6.88. The summed E-state index contributed by atoms with van der Waals surface area (Å²) in [5.74, 6) is 1.03. The number of aliphatic hydroxyl groups is 3. The summed E-state index contributed by atoms with van der Waals surface area (Å²) < 4.78 is 21.3. The SMILES string of the molecule is COc1cc(/C=N/O)nc(-c2ccccn2)c1.COc1cc(/C=N/O)nc(-c2ccccn2)c1O.C[C@@H]1O[C@@H](Oc2cc(/C=N/O)nc(-c3ccccn3)c2)[C@H](O)[C@H](O)[C@H]1O.O=c1cc(/C=N/O)[nH]c(-c2ccccn2)c1. The van der Waals surface area contributed by atoms with Gasteiger partial charge in [-0.15, -0.1) is 0 Å². The Morgan fingerprint density at radius 1 is 0.545 bits per heavy atom. The first kappa shape index (κ1) is 56.2. The first-order chi connectivity index (χ1) is 37.4. The van der Waals surface area contributed by atoms with Gasteiger partial charge in [0.15, 0.2) is 16.9 Å². The molecule has 8 aromatic heterocycles. The van der Waals surface area contributed by atoms with Gasteiger partial charge in [0.2, 0.25) is 6.29 Å². The number of ether oxygens (including phenoxy) is 4. The molecular weight excluding hydrogens is 1000 g/mol. The summed E-state index contributed by atoms with van der Waals surface area (Å²) >= 11 is 0. The van der Waals surface area contributed by atoms with Crippen LogP contribution in [-0.2, 0) is 4.74 Å². The van der Waals surface area contributed by atoms with E-state index >= 15 is 0 Å². The van der Waals surface area contributed by atoms with Gasteiger partial charge in [-0.1, -0.05) is 44.9 Å². The van der Waals surface area contributed by atoms with Crippen LogP contribution >= 0.6 is 0 Å². The van der Waals surface area contributed by atoms with E-state index in [-0.39, 0.29) is 28.4 Å². The Hall–Kier alpha value is -10.1. The van der Waals surface area contributed by atoms with Gasteiger partial charge in [0.05, 0.1) is 108 Å². The zero-order chi connectivity index (χ0) is 55.1. The van der Waals surface area contributed by atoms with Crippen LogP contribution in [0.1, 0.15) is 29.7 Å². The minimum absolute atomic E-state index is 0.105. The molecule has 0 aliphatic carbocycles. The van der Waals surface area contributed by atoms with Crippen LogP contribution in [0.2, 0.25) is 0 Å². The summed E-state index contributed by atoms with van der Waals surface area (Å²) in [6.45, 7) is 1.56. The lowest BCUT2D eigenvalue weighted by Gasteiger charge is -2.38. The maximum absolute atomic E-state index is 11.4. The van der Waals surface area contributed by atoms with Crippen molar-refractivity contribution >= 4 is 24.9 Å². The predicted molar refractivity (Wildman–Crippen MR) is 278 cm³/mol. The van der Waals surface area contributed by atoms with Gasteiger partial charge in [0.25, 0.3) is 0 Å². The Labute approximate surface area is 437 Å². The van der Waals surface area contributed by atoms with Crippen LogP contribution in [0.5, 0.6) is 23.0 Å². The van der Waals surface area contributed by atoms with Gasteiger partial charge < -0.3 is 65.2 Å². The maximum Gasteiger partial charge on any atom is 0.229 e. The van der Waals surface area contributed by atoms with Gasteiger partial charge in [-0.2, -0.15) is 0 Å². The molecule has 0 amide bonds. The lowest BCUT2D eigenvalue weighted by Crippen LogP contribution is -2.58. The Balaban J connectivity index is 0.000000170. The number of nitrogens with one attached hydrogen (secondary N) is 1. The van der Waals surface area contributed by atoms with E-state index in [4.69, 9.17) is 39.8 Å².